The molecule has 0 spiro atoms. The van der Waals surface area contributed by atoms with Gasteiger partial charge in [0.05, 0.1) is 9.86 Å². The molecule has 2 aromatic rings. The number of hydrogen-bond donors (Lipinski definition) is 0. The van der Waals surface area contributed by atoms with Gasteiger partial charge in [0.25, 0.3) is 0 Å². The Morgan fingerprint density at radius 3 is 2.83 bits per heavy atom. The smallest absolute Gasteiger partial charge is 0.151 e. The first-order chi connectivity index (χ1) is 5.68. The van der Waals surface area contributed by atoms with Gasteiger partial charge in [0.1, 0.15) is 11.6 Å². The lowest BCUT2D eigenvalue weighted by Gasteiger charge is -1.92. The molecule has 62 valence electrons. The van der Waals surface area contributed by atoms with Crippen LogP contribution in [0.4, 0.5) is 4.39 Å². The summed E-state index contributed by atoms with van der Waals surface area (Å²) in [6.07, 6.45) is 0. The Kier molecular flexibility index (Phi) is 1.68. The van der Waals surface area contributed by atoms with Crippen LogP contribution in [-0.4, -0.2) is 0 Å². The molecule has 3 heteroatoms. The van der Waals surface area contributed by atoms with E-state index in [9.17, 15) is 4.39 Å². The minimum absolute atomic E-state index is 0.245. The number of halogens is 2. The van der Waals surface area contributed by atoms with Gasteiger partial charge in [0.2, 0.25) is 0 Å². The van der Waals surface area contributed by atoms with E-state index in [0.717, 1.165) is 10.2 Å². The van der Waals surface area contributed by atoms with Gasteiger partial charge in [-0.15, -0.1) is 0 Å². The van der Waals surface area contributed by atoms with Gasteiger partial charge in [-0.3, -0.25) is 0 Å². The molecule has 12 heavy (non-hydrogen) atoms. The van der Waals surface area contributed by atoms with Crippen molar-refractivity contribution in [3.05, 3.63) is 34.2 Å². The van der Waals surface area contributed by atoms with Crippen molar-refractivity contribution in [1.82, 2.24) is 0 Å². The summed E-state index contributed by atoms with van der Waals surface area (Å²) < 4.78 is 19.2. The molecule has 0 aliphatic rings. The molecule has 0 aliphatic heterocycles. The van der Waals surface area contributed by atoms with Crippen molar-refractivity contribution >= 4 is 26.9 Å². The number of aryl methyl sites for hydroxylation is 1. The zero-order valence-electron chi connectivity index (χ0n) is 6.40. The molecule has 0 fully saturated rings. The van der Waals surface area contributed by atoms with Crippen molar-refractivity contribution in [2.24, 2.45) is 0 Å². The predicted octanol–water partition coefficient (Wildman–Crippen LogP) is 3.64. The van der Waals surface area contributed by atoms with Crippen LogP contribution in [0.2, 0.25) is 0 Å². The Balaban J connectivity index is 2.93. The molecule has 0 N–H and O–H groups in total. The van der Waals surface area contributed by atoms with Gasteiger partial charge in [0.15, 0.2) is 5.58 Å². The predicted molar refractivity (Wildman–Crippen MR) is 48.6 cm³/mol. The lowest BCUT2D eigenvalue weighted by atomic mass is 10.2. The largest absolute Gasteiger partial charge is 0.460 e. The lowest BCUT2D eigenvalue weighted by molar-refractivity contribution is 0.575. The van der Waals surface area contributed by atoms with Crippen LogP contribution >= 0.6 is 15.9 Å². The molecule has 0 bridgehead atoms. The van der Waals surface area contributed by atoms with E-state index < -0.39 is 0 Å². The van der Waals surface area contributed by atoms with Crippen molar-refractivity contribution in [2.45, 2.75) is 6.92 Å². The highest BCUT2D eigenvalue weighted by atomic mass is 79.9. The summed E-state index contributed by atoms with van der Waals surface area (Å²) in [6.45, 7) is 1.80. The monoisotopic (exact) mass is 228 g/mol. The molecule has 0 atom stereocenters. The third-order valence-corrected chi connectivity index (χ3v) is 2.33. The first-order valence-electron chi connectivity index (χ1n) is 3.52. The average Bonchev–Trinajstić information content (AvgIpc) is 2.41. The molecule has 0 saturated heterocycles. The Bertz CT molecular complexity index is 394. The second kappa shape index (κ2) is 2.59. The maximum absolute atomic E-state index is 13.1. The Labute approximate surface area is 77.3 Å². The van der Waals surface area contributed by atoms with Gasteiger partial charge in [-0.05, 0) is 41.1 Å². The molecule has 1 heterocycles. The zero-order valence-corrected chi connectivity index (χ0v) is 7.98. The van der Waals surface area contributed by atoms with Crippen LogP contribution < -0.4 is 0 Å². The maximum atomic E-state index is 13.1. The van der Waals surface area contributed by atoms with Crippen LogP contribution in [0.15, 0.2) is 27.1 Å². The van der Waals surface area contributed by atoms with Crippen LogP contribution in [-0.2, 0) is 0 Å². The summed E-state index contributed by atoms with van der Waals surface area (Å²) >= 11 is 3.28. The average molecular weight is 229 g/mol. The van der Waals surface area contributed by atoms with E-state index >= 15 is 0 Å². The lowest BCUT2D eigenvalue weighted by Crippen LogP contribution is -1.74. The first kappa shape index (κ1) is 7.80. The SMILES string of the molecule is Cc1cc2c(F)ccc(Br)c2o1. The first-order valence-corrected chi connectivity index (χ1v) is 4.32. The van der Waals surface area contributed by atoms with Crippen molar-refractivity contribution in [3.8, 4) is 0 Å². The highest BCUT2D eigenvalue weighted by Crippen LogP contribution is 2.28. The van der Waals surface area contributed by atoms with Crippen LogP contribution in [0.25, 0.3) is 11.0 Å². The number of rotatable bonds is 0. The van der Waals surface area contributed by atoms with E-state index in [2.05, 4.69) is 15.9 Å². The van der Waals surface area contributed by atoms with Crippen molar-refractivity contribution < 1.29 is 8.81 Å². The number of benzene rings is 1. The number of hydrogen-bond acceptors (Lipinski definition) is 1. The van der Waals surface area contributed by atoms with Crippen LogP contribution in [0.5, 0.6) is 0 Å². The Hall–Kier alpha value is -0.830. The summed E-state index contributed by atoms with van der Waals surface area (Å²) in [5.74, 6) is 0.473. The summed E-state index contributed by atoms with van der Waals surface area (Å²) in [6, 6.07) is 4.75. The molecule has 0 aliphatic carbocycles. The van der Waals surface area contributed by atoms with Gasteiger partial charge >= 0.3 is 0 Å². The fraction of sp³-hybridized carbons (Fsp3) is 0.111. The topological polar surface area (TPSA) is 13.1 Å². The van der Waals surface area contributed by atoms with Crippen LogP contribution in [0, 0.1) is 12.7 Å². The van der Waals surface area contributed by atoms with Crippen LogP contribution in [0.1, 0.15) is 5.76 Å². The van der Waals surface area contributed by atoms with E-state index in [1.54, 1.807) is 19.1 Å². The number of furan rings is 1. The minimum Gasteiger partial charge on any atom is -0.460 e. The van der Waals surface area contributed by atoms with E-state index in [0.29, 0.717) is 11.0 Å². The fourth-order valence-corrected chi connectivity index (χ4v) is 1.61. The van der Waals surface area contributed by atoms with Gasteiger partial charge in [-0.25, -0.2) is 4.39 Å². The van der Waals surface area contributed by atoms with E-state index in [1.165, 1.54) is 6.07 Å². The van der Waals surface area contributed by atoms with Gasteiger partial charge in [-0.1, -0.05) is 0 Å². The van der Waals surface area contributed by atoms with E-state index in [-0.39, 0.29) is 5.82 Å². The standard InChI is InChI=1S/C9H6BrFO/c1-5-4-6-8(11)3-2-7(10)9(6)12-5/h2-4H,1H3. The fourth-order valence-electron chi connectivity index (χ4n) is 1.18. The van der Waals surface area contributed by atoms with Crippen molar-refractivity contribution in [1.29, 1.82) is 0 Å². The highest BCUT2D eigenvalue weighted by Gasteiger charge is 2.08. The third-order valence-electron chi connectivity index (χ3n) is 1.71. The molecule has 1 nitrogen and oxygen atoms in total. The molecule has 2 rings (SSSR count). The molecule has 0 unspecified atom stereocenters. The number of fused-ring (bicyclic) bond motifs is 1. The summed E-state index contributed by atoms with van der Waals surface area (Å²) in [4.78, 5) is 0. The molecule has 1 aromatic heterocycles. The molecule has 1 aromatic carbocycles. The Morgan fingerprint density at radius 1 is 1.42 bits per heavy atom. The molecular weight excluding hydrogens is 223 g/mol. The quantitative estimate of drug-likeness (QED) is 0.672. The van der Waals surface area contributed by atoms with Crippen LogP contribution in [0.3, 0.4) is 0 Å². The summed E-state index contributed by atoms with van der Waals surface area (Å²) in [7, 11) is 0. The Morgan fingerprint density at radius 2 is 2.17 bits per heavy atom. The minimum atomic E-state index is -0.245. The third kappa shape index (κ3) is 1.05. The van der Waals surface area contributed by atoms with Crippen molar-refractivity contribution in [3.63, 3.8) is 0 Å². The molecule has 0 radical (unpaired) electrons. The normalized spacial score (nSPS) is 10.9. The zero-order chi connectivity index (χ0) is 8.72. The molecule has 0 amide bonds. The molecule has 0 saturated carbocycles. The second-order valence-corrected chi connectivity index (χ2v) is 3.48. The highest BCUT2D eigenvalue weighted by molar-refractivity contribution is 9.10. The summed E-state index contributed by atoms with van der Waals surface area (Å²) in [5.41, 5.74) is 0.576. The van der Waals surface area contributed by atoms with Crippen molar-refractivity contribution in [2.75, 3.05) is 0 Å². The van der Waals surface area contributed by atoms with E-state index in [1.807, 2.05) is 0 Å². The summed E-state index contributed by atoms with van der Waals surface area (Å²) in [5, 5.41) is 0.530. The maximum Gasteiger partial charge on any atom is 0.151 e. The van der Waals surface area contributed by atoms with Gasteiger partial charge < -0.3 is 4.42 Å². The second-order valence-electron chi connectivity index (χ2n) is 2.63. The van der Waals surface area contributed by atoms with E-state index in [4.69, 9.17) is 4.42 Å². The van der Waals surface area contributed by atoms with Gasteiger partial charge in [-0.2, -0.15) is 0 Å². The molecular formula is C9H6BrFO. The van der Waals surface area contributed by atoms with Gasteiger partial charge in [0, 0.05) is 0 Å².